The monoisotopic (exact) mass is 302 g/mol. The van der Waals surface area contributed by atoms with Crippen LogP contribution in [0.3, 0.4) is 0 Å². The molecule has 0 fully saturated rings. The summed E-state index contributed by atoms with van der Waals surface area (Å²) in [4.78, 5) is 4.40. The summed E-state index contributed by atoms with van der Waals surface area (Å²) >= 11 is 5.38. The summed E-state index contributed by atoms with van der Waals surface area (Å²) in [6, 6.07) is 4.63. The third-order valence-electron chi connectivity index (χ3n) is 2.28. The molecule has 0 saturated heterocycles. The van der Waals surface area contributed by atoms with Gasteiger partial charge in [-0.3, -0.25) is 4.98 Å². The van der Waals surface area contributed by atoms with Crippen LogP contribution in [0, 0.1) is 0 Å². The predicted octanol–water partition coefficient (Wildman–Crippen LogP) is 3.12. The van der Waals surface area contributed by atoms with E-state index in [0.29, 0.717) is 11.3 Å². The van der Waals surface area contributed by atoms with Gasteiger partial charge in [0, 0.05) is 34.6 Å². The summed E-state index contributed by atoms with van der Waals surface area (Å²) < 4.78 is 1.04. The van der Waals surface area contributed by atoms with Crippen LogP contribution in [-0.2, 0) is 6.42 Å². The van der Waals surface area contributed by atoms with E-state index in [0.717, 1.165) is 22.3 Å². The van der Waals surface area contributed by atoms with Crippen LogP contribution in [0.4, 0.5) is 0 Å². The van der Waals surface area contributed by atoms with Crippen molar-refractivity contribution in [2.45, 2.75) is 31.6 Å². The van der Waals surface area contributed by atoms with E-state index in [2.05, 4.69) is 46.1 Å². The van der Waals surface area contributed by atoms with Gasteiger partial charge in [-0.15, -0.1) is 0 Å². The largest absolute Gasteiger partial charge is 0.316 e. The molecule has 1 rings (SSSR count). The summed E-state index contributed by atoms with van der Waals surface area (Å²) in [7, 11) is 2.02. The number of nitrogens with zero attached hydrogens (tertiary/aromatic N) is 1. The highest BCUT2D eigenvalue weighted by molar-refractivity contribution is 9.10. The fourth-order valence-corrected chi connectivity index (χ4v) is 2.47. The molecule has 1 heterocycles. The van der Waals surface area contributed by atoms with Crippen LogP contribution in [0.1, 0.15) is 19.5 Å². The molecule has 2 nitrogen and oxygen atoms in total. The molecule has 1 atom stereocenters. The lowest BCUT2D eigenvalue weighted by molar-refractivity contribution is 0.608. The van der Waals surface area contributed by atoms with Crippen LogP contribution in [0.15, 0.2) is 22.8 Å². The number of thioether (sulfide) groups is 1. The SMILES string of the molecule is CNC(CSC(C)C)Cc1ccc(Br)cn1. The molecular weight excluding hydrogens is 284 g/mol. The molecule has 90 valence electrons. The average Bonchev–Trinajstić information content (AvgIpc) is 2.26. The fourth-order valence-electron chi connectivity index (χ4n) is 1.33. The molecule has 1 aromatic heterocycles. The molecule has 0 aromatic carbocycles. The molecule has 1 unspecified atom stereocenters. The number of nitrogens with one attached hydrogen (secondary N) is 1. The van der Waals surface area contributed by atoms with Crippen molar-refractivity contribution in [2.24, 2.45) is 0 Å². The Morgan fingerprint density at radius 1 is 1.44 bits per heavy atom. The second-order valence-electron chi connectivity index (χ2n) is 4.04. The number of likely N-dealkylation sites (N-methyl/N-ethyl adjacent to an activating group) is 1. The van der Waals surface area contributed by atoms with E-state index in [1.54, 1.807) is 0 Å². The standard InChI is InChI=1S/C12H19BrN2S/c1-9(2)16-8-12(14-3)6-11-5-4-10(13)7-15-11/h4-5,7,9,12,14H,6,8H2,1-3H3. The van der Waals surface area contributed by atoms with Gasteiger partial charge in [-0.05, 0) is 40.4 Å². The van der Waals surface area contributed by atoms with E-state index in [9.17, 15) is 0 Å². The predicted molar refractivity (Wildman–Crippen MR) is 76.1 cm³/mol. The molecule has 4 heteroatoms. The van der Waals surface area contributed by atoms with Crippen LogP contribution in [0.25, 0.3) is 0 Å². The Kier molecular flexibility index (Phi) is 6.39. The number of pyridine rings is 1. The van der Waals surface area contributed by atoms with Crippen LogP contribution >= 0.6 is 27.7 Å². The Labute approximate surface area is 111 Å². The van der Waals surface area contributed by atoms with E-state index >= 15 is 0 Å². The van der Waals surface area contributed by atoms with E-state index in [4.69, 9.17) is 0 Å². The Balaban J connectivity index is 2.46. The molecule has 0 aliphatic rings. The van der Waals surface area contributed by atoms with Crippen molar-refractivity contribution in [3.05, 3.63) is 28.5 Å². The van der Waals surface area contributed by atoms with Crippen molar-refractivity contribution in [2.75, 3.05) is 12.8 Å². The third kappa shape index (κ3) is 5.32. The average molecular weight is 303 g/mol. The van der Waals surface area contributed by atoms with Crippen LogP contribution in [0.5, 0.6) is 0 Å². The van der Waals surface area contributed by atoms with Gasteiger partial charge in [0.25, 0.3) is 0 Å². The van der Waals surface area contributed by atoms with Crippen molar-refractivity contribution in [3.63, 3.8) is 0 Å². The molecular formula is C12H19BrN2S. The first-order valence-electron chi connectivity index (χ1n) is 5.51. The van der Waals surface area contributed by atoms with Crippen LogP contribution in [-0.4, -0.2) is 29.1 Å². The summed E-state index contributed by atoms with van der Waals surface area (Å²) in [5, 5.41) is 4.04. The van der Waals surface area contributed by atoms with Crippen molar-refractivity contribution in [3.8, 4) is 0 Å². The minimum absolute atomic E-state index is 0.501. The zero-order valence-corrected chi connectivity index (χ0v) is 12.4. The molecule has 0 saturated carbocycles. The number of hydrogen-bond acceptors (Lipinski definition) is 3. The van der Waals surface area contributed by atoms with Gasteiger partial charge in [0.05, 0.1) is 0 Å². The van der Waals surface area contributed by atoms with E-state index in [-0.39, 0.29) is 0 Å². The number of rotatable bonds is 6. The second-order valence-corrected chi connectivity index (χ2v) is 6.56. The van der Waals surface area contributed by atoms with Gasteiger partial charge in [-0.25, -0.2) is 0 Å². The Morgan fingerprint density at radius 2 is 2.19 bits per heavy atom. The number of hydrogen-bond donors (Lipinski definition) is 1. The number of halogens is 1. The summed E-state index contributed by atoms with van der Waals surface area (Å²) in [6.45, 7) is 4.46. The highest BCUT2D eigenvalue weighted by Gasteiger charge is 2.09. The molecule has 16 heavy (non-hydrogen) atoms. The molecule has 0 amide bonds. The van der Waals surface area contributed by atoms with Crippen molar-refractivity contribution in [1.82, 2.24) is 10.3 Å². The van der Waals surface area contributed by atoms with Crippen molar-refractivity contribution in [1.29, 1.82) is 0 Å². The first kappa shape index (κ1) is 14.0. The van der Waals surface area contributed by atoms with Crippen molar-refractivity contribution < 1.29 is 0 Å². The molecule has 1 aromatic rings. The third-order valence-corrected chi connectivity index (χ3v) is 4.01. The van der Waals surface area contributed by atoms with Gasteiger partial charge in [-0.2, -0.15) is 11.8 Å². The van der Waals surface area contributed by atoms with Gasteiger partial charge in [0.2, 0.25) is 0 Å². The Bertz CT molecular complexity index is 300. The minimum Gasteiger partial charge on any atom is -0.316 e. The molecule has 0 aliphatic carbocycles. The quantitative estimate of drug-likeness (QED) is 0.874. The summed E-state index contributed by atoms with van der Waals surface area (Å²) in [5.41, 5.74) is 1.15. The van der Waals surface area contributed by atoms with Gasteiger partial charge in [0.1, 0.15) is 0 Å². The maximum absolute atomic E-state index is 4.40. The van der Waals surface area contributed by atoms with Crippen LogP contribution in [0.2, 0.25) is 0 Å². The van der Waals surface area contributed by atoms with Crippen LogP contribution < -0.4 is 5.32 Å². The first-order chi connectivity index (χ1) is 7.61. The van der Waals surface area contributed by atoms with Gasteiger partial charge in [0.15, 0.2) is 0 Å². The lowest BCUT2D eigenvalue weighted by atomic mass is 10.2. The molecule has 0 aliphatic heterocycles. The second kappa shape index (κ2) is 7.30. The lowest BCUT2D eigenvalue weighted by Crippen LogP contribution is -2.30. The van der Waals surface area contributed by atoms with E-state index in [1.165, 1.54) is 0 Å². The fraction of sp³-hybridized carbons (Fsp3) is 0.583. The molecule has 0 bridgehead atoms. The molecule has 1 N–H and O–H groups in total. The summed E-state index contributed by atoms with van der Waals surface area (Å²) in [6.07, 6.45) is 2.85. The van der Waals surface area contributed by atoms with Gasteiger partial charge >= 0.3 is 0 Å². The van der Waals surface area contributed by atoms with E-state index < -0.39 is 0 Å². The normalized spacial score (nSPS) is 13.1. The van der Waals surface area contributed by atoms with Gasteiger partial charge < -0.3 is 5.32 Å². The van der Waals surface area contributed by atoms with Crippen molar-refractivity contribution >= 4 is 27.7 Å². The molecule has 0 radical (unpaired) electrons. The minimum atomic E-state index is 0.501. The maximum Gasteiger partial charge on any atom is 0.0420 e. The topological polar surface area (TPSA) is 24.9 Å². The summed E-state index contributed by atoms with van der Waals surface area (Å²) in [5.74, 6) is 1.13. The smallest absolute Gasteiger partial charge is 0.0420 e. The first-order valence-corrected chi connectivity index (χ1v) is 7.35. The lowest BCUT2D eigenvalue weighted by Gasteiger charge is -2.16. The number of aromatic nitrogens is 1. The maximum atomic E-state index is 4.40. The highest BCUT2D eigenvalue weighted by Crippen LogP contribution is 2.14. The molecule has 0 spiro atoms. The van der Waals surface area contributed by atoms with Gasteiger partial charge in [-0.1, -0.05) is 13.8 Å². The zero-order valence-electron chi connectivity index (χ0n) is 10.0. The Morgan fingerprint density at radius 3 is 2.69 bits per heavy atom. The Hall–Kier alpha value is -0.0600. The zero-order chi connectivity index (χ0) is 12.0. The highest BCUT2D eigenvalue weighted by atomic mass is 79.9. The van der Waals surface area contributed by atoms with E-state index in [1.807, 2.05) is 31.1 Å².